The fourth-order valence-electron chi connectivity index (χ4n) is 2.90. The number of hydrogen-bond donors (Lipinski definition) is 7. The van der Waals surface area contributed by atoms with Gasteiger partial charge in [-0.2, -0.15) is 0 Å². The molecule has 0 aromatic heterocycles. The van der Waals surface area contributed by atoms with Crippen LogP contribution < -0.4 is 33.2 Å². The van der Waals surface area contributed by atoms with Crippen LogP contribution >= 0.6 is 0 Å². The van der Waals surface area contributed by atoms with Gasteiger partial charge in [0.05, 0.1) is 6.04 Å². The molecule has 184 valence electrons. The van der Waals surface area contributed by atoms with Crippen molar-refractivity contribution in [3.63, 3.8) is 0 Å². The molecule has 0 saturated heterocycles. The van der Waals surface area contributed by atoms with Gasteiger partial charge in [-0.1, -0.05) is 34.1 Å². The smallest absolute Gasteiger partial charge is 0.322 e. The summed E-state index contributed by atoms with van der Waals surface area (Å²) >= 11 is 0. The van der Waals surface area contributed by atoms with Crippen molar-refractivity contribution < 1.29 is 24.3 Å². The van der Waals surface area contributed by atoms with Gasteiger partial charge in [-0.05, 0) is 31.1 Å². The van der Waals surface area contributed by atoms with Crippen molar-refractivity contribution in [3.05, 3.63) is 0 Å². The van der Waals surface area contributed by atoms with E-state index in [0.29, 0.717) is 19.3 Å². The van der Waals surface area contributed by atoms with E-state index in [1.807, 2.05) is 20.8 Å². The fourth-order valence-corrected chi connectivity index (χ4v) is 2.90. The number of hydrogen-bond acceptors (Lipinski definition) is 6. The molecule has 3 amide bonds. The lowest BCUT2D eigenvalue weighted by Gasteiger charge is -2.27. The third kappa shape index (κ3) is 12.1. The minimum absolute atomic E-state index is 0.0989. The number of nitrogens with zero attached hydrogens (tertiary/aromatic N) is 1. The Morgan fingerprint density at radius 2 is 1.62 bits per heavy atom. The lowest BCUT2D eigenvalue weighted by Crippen LogP contribution is -2.58. The Balaban J connectivity index is 5.36. The maximum absolute atomic E-state index is 13.0. The first-order chi connectivity index (χ1) is 14.9. The van der Waals surface area contributed by atoms with E-state index < -0.39 is 48.4 Å². The third-order valence-corrected chi connectivity index (χ3v) is 4.85. The van der Waals surface area contributed by atoms with E-state index >= 15 is 0 Å². The minimum Gasteiger partial charge on any atom is -0.480 e. The molecule has 0 spiro atoms. The van der Waals surface area contributed by atoms with Crippen molar-refractivity contribution in [2.45, 2.75) is 71.5 Å². The summed E-state index contributed by atoms with van der Waals surface area (Å²) in [5.74, 6) is -2.99. The molecule has 0 rings (SSSR count). The Labute approximate surface area is 189 Å². The summed E-state index contributed by atoms with van der Waals surface area (Å²) in [4.78, 5) is 52.5. The van der Waals surface area contributed by atoms with Crippen molar-refractivity contribution in [2.24, 2.45) is 34.0 Å². The van der Waals surface area contributed by atoms with Crippen molar-refractivity contribution in [1.29, 1.82) is 0 Å². The Morgan fingerprint density at radius 3 is 2.12 bits per heavy atom. The number of aliphatic carboxylic acids is 1. The van der Waals surface area contributed by atoms with E-state index in [2.05, 4.69) is 20.9 Å². The fraction of sp³-hybridized carbons (Fsp3) is 0.750. The molecule has 0 aliphatic carbocycles. The SMILES string of the molecule is CCC(C)C(NC(=O)C(N)CC(C)C)C(=O)NC(CCCN=C(N)N)C(=O)NCC(=O)O. The van der Waals surface area contributed by atoms with Gasteiger partial charge in [-0.15, -0.1) is 0 Å². The summed E-state index contributed by atoms with van der Waals surface area (Å²) < 4.78 is 0. The number of amides is 3. The molecule has 0 fully saturated rings. The highest BCUT2D eigenvalue weighted by Gasteiger charge is 2.31. The Kier molecular flexibility index (Phi) is 13.6. The molecule has 0 aliphatic rings. The molecule has 10 N–H and O–H groups in total. The number of guanidine groups is 1. The van der Waals surface area contributed by atoms with E-state index in [9.17, 15) is 19.2 Å². The largest absolute Gasteiger partial charge is 0.480 e. The highest BCUT2D eigenvalue weighted by Crippen LogP contribution is 2.11. The first-order valence-electron chi connectivity index (χ1n) is 10.8. The molecular formula is C20H39N7O5. The van der Waals surface area contributed by atoms with E-state index in [-0.39, 0.29) is 30.8 Å². The van der Waals surface area contributed by atoms with Gasteiger partial charge in [0.2, 0.25) is 17.7 Å². The second-order valence-electron chi connectivity index (χ2n) is 8.23. The normalized spacial score (nSPS) is 14.6. The van der Waals surface area contributed by atoms with Gasteiger partial charge in [-0.3, -0.25) is 24.2 Å². The Hall–Kier alpha value is -2.89. The van der Waals surface area contributed by atoms with Gasteiger partial charge in [0.15, 0.2) is 5.96 Å². The number of carbonyl (C=O) groups is 4. The van der Waals surface area contributed by atoms with Gasteiger partial charge < -0.3 is 38.3 Å². The van der Waals surface area contributed by atoms with E-state index in [1.165, 1.54) is 0 Å². The average molecular weight is 458 g/mol. The molecule has 0 aromatic carbocycles. The Bertz CT molecular complexity index is 665. The van der Waals surface area contributed by atoms with Crippen LogP contribution in [0.1, 0.15) is 53.4 Å². The molecule has 4 atom stereocenters. The van der Waals surface area contributed by atoms with Crippen LogP contribution in [0.15, 0.2) is 4.99 Å². The van der Waals surface area contributed by atoms with Crippen molar-refractivity contribution in [1.82, 2.24) is 16.0 Å². The van der Waals surface area contributed by atoms with Crippen LogP contribution in [0.2, 0.25) is 0 Å². The van der Waals surface area contributed by atoms with Crippen LogP contribution in [-0.2, 0) is 19.2 Å². The number of carbonyl (C=O) groups excluding carboxylic acids is 3. The predicted molar refractivity (Wildman–Crippen MR) is 121 cm³/mol. The molecule has 0 saturated carbocycles. The number of rotatable bonds is 15. The number of carboxylic acid groups (broad SMARTS) is 1. The number of nitrogens with two attached hydrogens (primary N) is 3. The quantitative estimate of drug-likeness (QED) is 0.0882. The minimum atomic E-state index is -1.21. The first-order valence-corrected chi connectivity index (χ1v) is 10.8. The highest BCUT2D eigenvalue weighted by atomic mass is 16.4. The summed E-state index contributed by atoms with van der Waals surface area (Å²) in [6.45, 7) is 7.20. The molecular weight excluding hydrogens is 418 g/mol. The van der Waals surface area contributed by atoms with E-state index in [0.717, 1.165) is 0 Å². The molecule has 12 nitrogen and oxygen atoms in total. The van der Waals surface area contributed by atoms with Crippen LogP contribution in [-0.4, -0.2) is 66.0 Å². The van der Waals surface area contributed by atoms with Crippen LogP contribution in [0.3, 0.4) is 0 Å². The van der Waals surface area contributed by atoms with Crippen LogP contribution in [0, 0.1) is 11.8 Å². The van der Waals surface area contributed by atoms with Gasteiger partial charge in [0.1, 0.15) is 18.6 Å². The van der Waals surface area contributed by atoms with Crippen LogP contribution in [0.4, 0.5) is 0 Å². The van der Waals surface area contributed by atoms with Crippen molar-refractivity contribution in [2.75, 3.05) is 13.1 Å². The molecule has 0 heterocycles. The van der Waals surface area contributed by atoms with Gasteiger partial charge >= 0.3 is 5.97 Å². The van der Waals surface area contributed by atoms with E-state index in [1.54, 1.807) is 6.92 Å². The Morgan fingerprint density at radius 1 is 1.00 bits per heavy atom. The van der Waals surface area contributed by atoms with Crippen molar-refractivity contribution >= 4 is 29.7 Å². The summed E-state index contributed by atoms with van der Waals surface area (Å²) in [5, 5.41) is 16.4. The zero-order valence-electron chi connectivity index (χ0n) is 19.4. The lowest BCUT2D eigenvalue weighted by molar-refractivity contribution is -0.138. The maximum atomic E-state index is 13.0. The third-order valence-electron chi connectivity index (χ3n) is 4.85. The van der Waals surface area contributed by atoms with Crippen LogP contribution in [0.5, 0.6) is 0 Å². The van der Waals surface area contributed by atoms with E-state index in [4.69, 9.17) is 22.3 Å². The standard InChI is InChI=1S/C20H39N7O5/c1-5-12(4)16(27-17(30)13(21)9-11(2)3)19(32)26-14(7-6-8-24-20(22)23)18(31)25-10-15(28)29/h11-14,16H,5-10,21H2,1-4H3,(H,25,31)(H,26,32)(H,27,30)(H,28,29)(H4,22,23,24). The molecule has 4 unspecified atom stereocenters. The summed E-state index contributed by atoms with van der Waals surface area (Å²) in [5.41, 5.74) is 16.5. The summed E-state index contributed by atoms with van der Waals surface area (Å²) in [7, 11) is 0. The molecule has 32 heavy (non-hydrogen) atoms. The van der Waals surface area contributed by atoms with Crippen LogP contribution in [0.25, 0.3) is 0 Å². The monoisotopic (exact) mass is 457 g/mol. The molecule has 0 bridgehead atoms. The number of aliphatic imine (C=N–C) groups is 1. The summed E-state index contributed by atoms with van der Waals surface area (Å²) in [6, 6.07) is -2.69. The topological polar surface area (TPSA) is 215 Å². The number of carboxylic acids is 1. The van der Waals surface area contributed by atoms with Gasteiger partial charge in [0.25, 0.3) is 0 Å². The lowest BCUT2D eigenvalue weighted by atomic mass is 9.96. The van der Waals surface area contributed by atoms with Gasteiger partial charge in [0, 0.05) is 6.54 Å². The molecule has 0 radical (unpaired) electrons. The predicted octanol–water partition coefficient (Wildman–Crippen LogP) is -1.37. The average Bonchev–Trinajstić information content (AvgIpc) is 2.70. The summed E-state index contributed by atoms with van der Waals surface area (Å²) in [6.07, 6.45) is 1.59. The maximum Gasteiger partial charge on any atom is 0.322 e. The molecule has 12 heteroatoms. The molecule has 0 aliphatic heterocycles. The zero-order valence-corrected chi connectivity index (χ0v) is 19.4. The second kappa shape index (κ2) is 15.0. The first kappa shape index (κ1) is 29.1. The molecule has 0 aromatic rings. The van der Waals surface area contributed by atoms with Gasteiger partial charge in [-0.25, -0.2) is 0 Å². The zero-order chi connectivity index (χ0) is 24.8. The number of nitrogens with one attached hydrogen (secondary N) is 3. The highest BCUT2D eigenvalue weighted by molar-refractivity contribution is 5.93. The van der Waals surface area contributed by atoms with Crippen molar-refractivity contribution in [3.8, 4) is 0 Å². The second-order valence-corrected chi connectivity index (χ2v) is 8.23.